The lowest BCUT2D eigenvalue weighted by Gasteiger charge is -2.15. The highest BCUT2D eigenvalue weighted by atomic mass is 16.5. The van der Waals surface area contributed by atoms with Gasteiger partial charge < -0.3 is 28.3 Å². The van der Waals surface area contributed by atoms with Crippen LogP contribution < -0.4 is 18.9 Å². The van der Waals surface area contributed by atoms with Crippen LogP contribution in [-0.4, -0.2) is 56.5 Å². The average Bonchev–Trinajstić information content (AvgIpc) is 3.26. The van der Waals surface area contributed by atoms with Gasteiger partial charge in [-0.1, -0.05) is 6.07 Å². The lowest BCUT2D eigenvalue weighted by atomic mass is 10.1. The summed E-state index contributed by atoms with van der Waals surface area (Å²) in [5.41, 5.74) is 1.50. The Balaban J connectivity index is 1.67. The Morgan fingerprint density at radius 1 is 0.871 bits per heavy atom. The summed E-state index contributed by atoms with van der Waals surface area (Å²) in [5.74, 6) is 2.91. The number of aromatic nitrogens is 2. The van der Waals surface area contributed by atoms with Gasteiger partial charge in [0.15, 0.2) is 23.0 Å². The first-order valence-corrected chi connectivity index (χ1v) is 9.48. The molecule has 3 aromatic rings. The van der Waals surface area contributed by atoms with E-state index in [2.05, 4.69) is 10.2 Å². The fourth-order valence-corrected chi connectivity index (χ4v) is 2.99. The summed E-state index contributed by atoms with van der Waals surface area (Å²) in [7, 11) is 7.93. The summed E-state index contributed by atoms with van der Waals surface area (Å²) in [5, 5.41) is 8.13. The molecule has 9 nitrogen and oxygen atoms in total. The van der Waals surface area contributed by atoms with Crippen LogP contribution in [0.3, 0.4) is 0 Å². The van der Waals surface area contributed by atoms with Gasteiger partial charge in [-0.15, -0.1) is 10.2 Å². The first kappa shape index (κ1) is 21.9. The van der Waals surface area contributed by atoms with Crippen molar-refractivity contribution in [2.45, 2.75) is 13.0 Å². The Morgan fingerprint density at radius 2 is 1.48 bits per heavy atom. The number of hydrogen-bond donors (Lipinski definition) is 0. The molecule has 0 saturated heterocycles. The molecule has 1 aromatic heterocycles. The smallest absolute Gasteiger partial charge is 0.247 e. The summed E-state index contributed by atoms with van der Waals surface area (Å²) < 4.78 is 26.8. The van der Waals surface area contributed by atoms with Crippen molar-refractivity contribution in [1.82, 2.24) is 15.1 Å². The Hall–Kier alpha value is -3.75. The van der Waals surface area contributed by atoms with E-state index in [9.17, 15) is 4.79 Å². The van der Waals surface area contributed by atoms with E-state index in [0.717, 1.165) is 5.56 Å². The number of likely N-dealkylation sites (N-methyl/N-ethyl adjacent to an activating group) is 1. The van der Waals surface area contributed by atoms with Crippen LogP contribution in [0.25, 0.3) is 11.5 Å². The van der Waals surface area contributed by atoms with E-state index in [4.69, 9.17) is 23.4 Å². The van der Waals surface area contributed by atoms with E-state index >= 15 is 0 Å². The van der Waals surface area contributed by atoms with Gasteiger partial charge in [-0.2, -0.15) is 0 Å². The van der Waals surface area contributed by atoms with E-state index < -0.39 is 0 Å². The van der Waals surface area contributed by atoms with Crippen LogP contribution in [0, 0.1) is 0 Å². The number of nitrogens with zero attached hydrogens (tertiary/aromatic N) is 3. The van der Waals surface area contributed by atoms with E-state index in [0.29, 0.717) is 40.3 Å². The molecule has 0 spiro atoms. The molecule has 3 rings (SSSR count). The standard InChI is InChI=1S/C22H25N3O6/c1-25(21(26)11-14-6-8-16(27-2)18(10-14)29-4)13-20-23-24-22(31-20)15-7-9-17(28-3)19(12-15)30-5/h6-10,12H,11,13H2,1-5H3. The van der Waals surface area contributed by atoms with Crippen LogP contribution in [0.4, 0.5) is 0 Å². The van der Waals surface area contributed by atoms with Gasteiger partial charge in [0.25, 0.3) is 0 Å². The van der Waals surface area contributed by atoms with Crippen LogP contribution in [-0.2, 0) is 17.8 Å². The monoisotopic (exact) mass is 427 g/mol. The fourth-order valence-electron chi connectivity index (χ4n) is 2.99. The Morgan fingerprint density at radius 3 is 2.13 bits per heavy atom. The van der Waals surface area contributed by atoms with Gasteiger partial charge in [0.1, 0.15) is 0 Å². The van der Waals surface area contributed by atoms with Crippen LogP contribution in [0.5, 0.6) is 23.0 Å². The maximum absolute atomic E-state index is 12.6. The van der Waals surface area contributed by atoms with Crippen LogP contribution >= 0.6 is 0 Å². The molecule has 0 fully saturated rings. The zero-order chi connectivity index (χ0) is 22.4. The zero-order valence-corrected chi connectivity index (χ0v) is 18.2. The van der Waals surface area contributed by atoms with Crippen molar-refractivity contribution in [1.29, 1.82) is 0 Å². The van der Waals surface area contributed by atoms with Crippen LogP contribution in [0.1, 0.15) is 11.5 Å². The van der Waals surface area contributed by atoms with Gasteiger partial charge in [0, 0.05) is 12.6 Å². The molecule has 1 amide bonds. The lowest BCUT2D eigenvalue weighted by Crippen LogP contribution is -2.27. The van der Waals surface area contributed by atoms with Gasteiger partial charge in [0.2, 0.25) is 17.7 Å². The van der Waals surface area contributed by atoms with Gasteiger partial charge in [-0.3, -0.25) is 4.79 Å². The van der Waals surface area contributed by atoms with Gasteiger partial charge in [-0.25, -0.2) is 0 Å². The molecule has 164 valence electrons. The summed E-state index contributed by atoms with van der Waals surface area (Å²) in [4.78, 5) is 14.2. The number of ether oxygens (including phenoxy) is 4. The third kappa shape index (κ3) is 5.06. The third-order valence-electron chi connectivity index (χ3n) is 4.70. The van der Waals surface area contributed by atoms with E-state index in [-0.39, 0.29) is 18.9 Å². The highest BCUT2D eigenvalue weighted by Gasteiger charge is 2.17. The molecule has 9 heteroatoms. The normalized spacial score (nSPS) is 10.5. The molecular weight excluding hydrogens is 402 g/mol. The Kier molecular flexibility index (Phi) is 6.96. The zero-order valence-electron chi connectivity index (χ0n) is 18.2. The minimum absolute atomic E-state index is 0.0990. The minimum Gasteiger partial charge on any atom is -0.493 e. The topological polar surface area (TPSA) is 96.2 Å². The summed E-state index contributed by atoms with van der Waals surface area (Å²) in [6.45, 7) is 0.187. The molecule has 0 aliphatic heterocycles. The SMILES string of the molecule is COc1ccc(CC(=O)N(C)Cc2nnc(-c3ccc(OC)c(OC)c3)o2)cc1OC. The van der Waals surface area contributed by atoms with Crippen molar-refractivity contribution in [3.8, 4) is 34.5 Å². The number of amides is 1. The largest absolute Gasteiger partial charge is 0.493 e. The van der Waals surface area contributed by atoms with Gasteiger partial charge in [-0.05, 0) is 35.9 Å². The average molecular weight is 427 g/mol. The van der Waals surface area contributed by atoms with Crippen molar-refractivity contribution < 1.29 is 28.2 Å². The van der Waals surface area contributed by atoms with Crippen LogP contribution in [0.2, 0.25) is 0 Å². The first-order valence-electron chi connectivity index (χ1n) is 9.48. The molecule has 0 saturated carbocycles. The number of carbonyl (C=O) groups is 1. The van der Waals surface area contributed by atoms with Crippen LogP contribution in [0.15, 0.2) is 40.8 Å². The summed E-state index contributed by atoms with van der Waals surface area (Å²) in [6, 6.07) is 10.7. The predicted molar refractivity (Wildman–Crippen MR) is 113 cm³/mol. The quantitative estimate of drug-likeness (QED) is 0.514. The second kappa shape index (κ2) is 9.84. The molecule has 0 aliphatic rings. The van der Waals surface area contributed by atoms with E-state index in [1.54, 1.807) is 65.8 Å². The molecule has 31 heavy (non-hydrogen) atoms. The lowest BCUT2D eigenvalue weighted by molar-refractivity contribution is -0.130. The highest BCUT2D eigenvalue weighted by Crippen LogP contribution is 2.32. The summed E-state index contributed by atoms with van der Waals surface area (Å²) >= 11 is 0. The summed E-state index contributed by atoms with van der Waals surface area (Å²) in [6.07, 6.45) is 0.202. The Labute approximate surface area is 180 Å². The third-order valence-corrected chi connectivity index (χ3v) is 4.70. The van der Waals surface area contributed by atoms with Gasteiger partial charge >= 0.3 is 0 Å². The van der Waals surface area contributed by atoms with Crippen molar-refractivity contribution >= 4 is 5.91 Å². The second-order valence-electron chi connectivity index (χ2n) is 6.69. The maximum Gasteiger partial charge on any atom is 0.247 e. The molecule has 0 unspecified atom stereocenters. The van der Waals surface area contributed by atoms with Crippen molar-refractivity contribution in [3.05, 3.63) is 47.9 Å². The van der Waals surface area contributed by atoms with E-state index in [1.807, 2.05) is 6.07 Å². The molecular formula is C22H25N3O6. The first-order chi connectivity index (χ1) is 15.0. The van der Waals surface area contributed by atoms with Crippen molar-refractivity contribution in [2.75, 3.05) is 35.5 Å². The number of benzene rings is 2. The molecule has 0 atom stereocenters. The second-order valence-corrected chi connectivity index (χ2v) is 6.69. The minimum atomic E-state index is -0.0990. The molecule has 0 N–H and O–H groups in total. The highest BCUT2D eigenvalue weighted by molar-refractivity contribution is 5.78. The number of methoxy groups -OCH3 is 4. The molecule has 0 aliphatic carbocycles. The van der Waals surface area contributed by atoms with Crippen molar-refractivity contribution in [3.63, 3.8) is 0 Å². The number of hydrogen-bond acceptors (Lipinski definition) is 8. The van der Waals surface area contributed by atoms with E-state index in [1.165, 1.54) is 4.90 Å². The number of carbonyl (C=O) groups excluding carboxylic acids is 1. The molecule has 2 aromatic carbocycles. The predicted octanol–water partition coefficient (Wildman–Crippen LogP) is 2.97. The molecule has 1 heterocycles. The van der Waals surface area contributed by atoms with Gasteiger partial charge in [0.05, 0.1) is 41.4 Å². The van der Waals surface area contributed by atoms with Crippen molar-refractivity contribution in [2.24, 2.45) is 0 Å². The maximum atomic E-state index is 12.6. The molecule has 0 radical (unpaired) electrons. The molecule has 0 bridgehead atoms. The Bertz CT molecular complexity index is 1050. The number of rotatable bonds is 9. The fraction of sp³-hybridized carbons (Fsp3) is 0.318.